The lowest BCUT2D eigenvalue weighted by Gasteiger charge is -2.39. The molecule has 2 aliphatic carbocycles. The van der Waals surface area contributed by atoms with Gasteiger partial charge in [0.2, 0.25) is 23.5 Å². The number of rotatable bonds is 14. The molecule has 1 aromatic rings. The largest absolute Gasteiger partial charge is 0.389 e. The van der Waals surface area contributed by atoms with Crippen molar-refractivity contribution in [3.63, 3.8) is 0 Å². The van der Waals surface area contributed by atoms with E-state index in [1.165, 1.54) is 29.6 Å². The third kappa shape index (κ3) is 9.54. The number of halogens is 3. The van der Waals surface area contributed by atoms with Crippen LogP contribution >= 0.6 is 0 Å². The van der Waals surface area contributed by atoms with Crippen LogP contribution in [0.2, 0.25) is 0 Å². The molecular formula is C36H50F3N7O6. The first-order valence-corrected chi connectivity index (χ1v) is 17.8. The lowest BCUT2D eigenvalue weighted by Crippen LogP contribution is -2.63. The summed E-state index contributed by atoms with van der Waals surface area (Å²) in [5.41, 5.74) is -1.27. The number of amides is 5. The summed E-state index contributed by atoms with van der Waals surface area (Å²) in [5, 5.41) is 10.3. The fourth-order valence-corrected chi connectivity index (χ4v) is 7.60. The Balaban J connectivity index is 1.59. The molecule has 0 bridgehead atoms. The maximum Gasteiger partial charge on any atom is 0.389 e. The number of fused-ring (bicyclic) bond motifs is 1. The van der Waals surface area contributed by atoms with Crippen LogP contribution in [0.3, 0.4) is 0 Å². The van der Waals surface area contributed by atoms with E-state index in [1.54, 1.807) is 20.8 Å². The number of aromatic nitrogens is 2. The lowest BCUT2D eigenvalue weighted by molar-refractivity contribution is -0.148. The van der Waals surface area contributed by atoms with Crippen LogP contribution in [-0.2, 0) is 24.0 Å². The highest BCUT2D eigenvalue weighted by atomic mass is 19.4. The first-order chi connectivity index (χ1) is 24.3. The molecule has 3 aliphatic rings. The summed E-state index contributed by atoms with van der Waals surface area (Å²) in [5.74, 6) is -5.78. The molecular weight excluding hydrogens is 683 g/mol. The summed E-state index contributed by atoms with van der Waals surface area (Å²) in [7, 11) is 0. The third-order valence-corrected chi connectivity index (χ3v) is 10.6. The van der Waals surface area contributed by atoms with Crippen molar-refractivity contribution in [1.29, 1.82) is 0 Å². The molecule has 52 heavy (non-hydrogen) atoms. The van der Waals surface area contributed by atoms with E-state index in [2.05, 4.69) is 37.8 Å². The van der Waals surface area contributed by atoms with Crippen LogP contribution in [0.1, 0.15) is 90.1 Å². The minimum absolute atomic E-state index is 0.0255. The number of piperidine rings is 1. The fourth-order valence-electron chi connectivity index (χ4n) is 7.60. The van der Waals surface area contributed by atoms with Gasteiger partial charge in [0, 0.05) is 31.9 Å². The van der Waals surface area contributed by atoms with Gasteiger partial charge in [0.1, 0.15) is 23.8 Å². The van der Waals surface area contributed by atoms with Crippen LogP contribution in [0.5, 0.6) is 0 Å². The second kappa shape index (κ2) is 16.1. The van der Waals surface area contributed by atoms with E-state index in [-0.39, 0.29) is 36.5 Å². The average molecular weight is 734 g/mol. The highest BCUT2D eigenvalue weighted by molar-refractivity contribution is 6.38. The number of alkyl halides is 3. The molecule has 1 unspecified atom stereocenters. The number of ketones is 1. The second-order valence-corrected chi connectivity index (χ2v) is 15.7. The van der Waals surface area contributed by atoms with Crippen molar-refractivity contribution >= 4 is 35.3 Å². The van der Waals surface area contributed by atoms with E-state index in [9.17, 15) is 41.9 Å². The number of likely N-dealkylation sites (tertiary alicyclic amines) is 1. The molecule has 2 heterocycles. The molecule has 1 aliphatic heterocycles. The van der Waals surface area contributed by atoms with Gasteiger partial charge >= 0.3 is 6.18 Å². The topological polar surface area (TPSA) is 180 Å². The van der Waals surface area contributed by atoms with Crippen LogP contribution in [0.25, 0.3) is 0 Å². The van der Waals surface area contributed by atoms with Crippen molar-refractivity contribution in [2.75, 3.05) is 13.1 Å². The van der Waals surface area contributed by atoms with Gasteiger partial charge in [-0.2, -0.15) is 13.2 Å². The molecule has 5 amide bonds. The van der Waals surface area contributed by atoms with Gasteiger partial charge in [-0.05, 0) is 47.8 Å². The molecule has 3 fully saturated rings. The Morgan fingerprint density at radius 1 is 1.02 bits per heavy atom. The highest BCUT2D eigenvalue weighted by Crippen LogP contribution is 2.65. The maximum atomic E-state index is 14.5. The normalized spacial score (nSPS) is 22.9. The van der Waals surface area contributed by atoms with Gasteiger partial charge in [0.15, 0.2) is 0 Å². The van der Waals surface area contributed by atoms with Crippen molar-refractivity contribution in [3.8, 4) is 0 Å². The number of Topliss-reactive ketones (excluding diaryl/α,β-unsaturated/α-hetero) is 1. The summed E-state index contributed by atoms with van der Waals surface area (Å²) in [6, 6.07) is -5.16. The van der Waals surface area contributed by atoms with E-state index in [1.807, 2.05) is 13.8 Å². The smallest absolute Gasteiger partial charge is 0.346 e. The molecule has 6 atom stereocenters. The Morgan fingerprint density at radius 3 is 2.27 bits per heavy atom. The summed E-state index contributed by atoms with van der Waals surface area (Å²) >= 11 is 0. The van der Waals surface area contributed by atoms with Gasteiger partial charge in [0.25, 0.3) is 11.8 Å². The second-order valence-electron chi connectivity index (χ2n) is 15.7. The Bertz CT molecular complexity index is 1520. The molecule has 2 saturated carbocycles. The predicted octanol–water partition coefficient (Wildman–Crippen LogP) is 2.87. The molecule has 286 valence electrons. The minimum Gasteiger partial charge on any atom is -0.346 e. The van der Waals surface area contributed by atoms with Crippen molar-refractivity contribution in [1.82, 2.24) is 36.1 Å². The summed E-state index contributed by atoms with van der Waals surface area (Å²) < 4.78 is 39.7. The molecule has 1 saturated heterocycles. The summed E-state index contributed by atoms with van der Waals surface area (Å²) in [4.78, 5) is 90.5. The first kappa shape index (κ1) is 40.4. The van der Waals surface area contributed by atoms with Crippen molar-refractivity contribution in [2.45, 2.75) is 110 Å². The fraction of sp³-hybridized carbons (Fsp3) is 0.667. The Morgan fingerprint density at radius 2 is 1.69 bits per heavy atom. The standard InChI is InChI=1S/C36H50F3N7O6/c1-7-15-42-32(51)27(47)22(13-14-36(37,38)39)43-31(50)26-24-21(35(24,5)6)19-46(26)33(52)28(34(2,3)4)45-30(49)25(20-11-9-8-10-12-20)44-29(48)23-18-40-16-17-41-23/h7,16-18,20-22,24-26,28H,1,8-15,19H2,2-6H3,(H,42,51)(H,43,50)(H,44,48)(H,45,49)/t21-,22?,24-,25-,26-,28+/m0/s1. The third-order valence-electron chi connectivity index (χ3n) is 10.6. The van der Waals surface area contributed by atoms with Crippen molar-refractivity contribution in [2.24, 2.45) is 28.6 Å². The van der Waals surface area contributed by atoms with E-state index >= 15 is 0 Å². The number of hydrogen-bond acceptors (Lipinski definition) is 8. The predicted molar refractivity (Wildman–Crippen MR) is 183 cm³/mol. The quantitative estimate of drug-likeness (QED) is 0.167. The van der Waals surface area contributed by atoms with Crippen LogP contribution in [-0.4, -0.2) is 93.6 Å². The van der Waals surface area contributed by atoms with Crippen LogP contribution in [0, 0.1) is 28.6 Å². The van der Waals surface area contributed by atoms with E-state index in [0.29, 0.717) is 12.8 Å². The number of hydrogen-bond donors (Lipinski definition) is 4. The molecule has 4 N–H and O–H groups in total. The Labute approximate surface area is 301 Å². The summed E-state index contributed by atoms with van der Waals surface area (Å²) in [6.45, 7) is 12.5. The molecule has 4 rings (SSSR count). The summed E-state index contributed by atoms with van der Waals surface area (Å²) in [6.07, 6.45) is 2.46. The molecule has 0 aromatic carbocycles. The molecule has 0 radical (unpaired) electrons. The number of nitrogens with zero attached hydrogens (tertiary/aromatic N) is 3. The Hall–Kier alpha value is -4.37. The average Bonchev–Trinajstić information content (AvgIpc) is 3.39. The lowest BCUT2D eigenvalue weighted by atomic mass is 9.82. The zero-order valence-corrected chi connectivity index (χ0v) is 30.3. The SMILES string of the molecule is C=CCNC(=O)C(=O)C(CCC(F)(F)F)NC(=O)[C@@H]1[C@@H]2[C@H](CN1C(=O)[C@@H](NC(=O)[C@@H](NC(=O)c1cnccn1)C1CCCCC1)C(C)(C)C)C2(C)C. The zero-order valence-electron chi connectivity index (χ0n) is 30.3. The van der Waals surface area contributed by atoms with Gasteiger partial charge in [0.05, 0.1) is 12.2 Å². The molecule has 0 spiro atoms. The molecule has 1 aromatic heterocycles. The van der Waals surface area contributed by atoms with Crippen LogP contribution < -0.4 is 21.3 Å². The van der Waals surface area contributed by atoms with Gasteiger partial charge < -0.3 is 26.2 Å². The zero-order chi connectivity index (χ0) is 38.6. The number of carbonyl (C=O) groups excluding carboxylic acids is 6. The van der Waals surface area contributed by atoms with E-state index in [4.69, 9.17) is 0 Å². The number of carbonyl (C=O) groups is 6. The number of nitrogens with one attached hydrogen (secondary N) is 4. The van der Waals surface area contributed by atoms with Crippen molar-refractivity contribution in [3.05, 3.63) is 36.9 Å². The Kier molecular flexibility index (Phi) is 12.5. The van der Waals surface area contributed by atoms with Gasteiger partial charge in [-0.15, -0.1) is 6.58 Å². The minimum atomic E-state index is -4.67. The first-order valence-electron chi connectivity index (χ1n) is 17.8. The van der Waals surface area contributed by atoms with Gasteiger partial charge in [-0.25, -0.2) is 4.98 Å². The van der Waals surface area contributed by atoms with E-state index in [0.717, 1.165) is 19.3 Å². The van der Waals surface area contributed by atoms with Crippen LogP contribution in [0.15, 0.2) is 31.2 Å². The van der Waals surface area contributed by atoms with Crippen LogP contribution in [0.4, 0.5) is 13.2 Å². The highest BCUT2D eigenvalue weighted by Gasteiger charge is 2.70. The van der Waals surface area contributed by atoms with E-state index < -0.39 is 89.3 Å². The van der Waals surface area contributed by atoms with Gasteiger partial charge in [-0.3, -0.25) is 33.8 Å². The van der Waals surface area contributed by atoms with Crippen molar-refractivity contribution < 1.29 is 41.9 Å². The maximum absolute atomic E-state index is 14.5. The van der Waals surface area contributed by atoms with Gasteiger partial charge in [-0.1, -0.05) is 60.0 Å². The molecule has 16 heteroatoms. The monoisotopic (exact) mass is 733 g/mol. The molecule has 13 nitrogen and oxygen atoms in total.